The van der Waals surface area contributed by atoms with Crippen LogP contribution in [0.4, 0.5) is 18.9 Å². The summed E-state index contributed by atoms with van der Waals surface area (Å²) in [7, 11) is 0. The SMILES string of the molecule is CC(C)CNC(=O)C(C)(C)C(=O)Nc1ccc(C(F)(F)F)cc1. The number of carbonyl (C=O) groups is 2. The molecule has 0 spiro atoms. The van der Waals surface area contributed by atoms with Crippen molar-refractivity contribution in [1.29, 1.82) is 0 Å². The Morgan fingerprint density at radius 3 is 2.00 bits per heavy atom. The molecule has 0 aliphatic heterocycles. The van der Waals surface area contributed by atoms with E-state index < -0.39 is 29.0 Å². The zero-order chi connectivity index (χ0) is 17.8. The maximum Gasteiger partial charge on any atom is 0.416 e. The first kappa shape index (κ1) is 19.0. The number of hydrogen-bond donors (Lipinski definition) is 2. The van der Waals surface area contributed by atoms with Crippen molar-refractivity contribution in [1.82, 2.24) is 5.32 Å². The number of nitrogens with one attached hydrogen (secondary N) is 2. The highest BCUT2D eigenvalue weighted by molar-refractivity contribution is 6.09. The third kappa shape index (κ3) is 5.26. The largest absolute Gasteiger partial charge is 0.416 e. The molecule has 128 valence electrons. The van der Waals surface area contributed by atoms with Crippen molar-refractivity contribution in [3.63, 3.8) is 0 Å². The first-order valence-electron chi connectivity index (χ1n) is 7.21. The van der Waals surface area contributed by atoms with Crippen LogP contribution in [0.1, 0.15) is 33.3 Å². The lowest BCUT2D eigenvalue weighted by Crippen LogP contribution is -2.46. The van der Waals surface area contributed by atoms with Crippen LogP contribution in [0.15, 0.2) is 24.3 Å². The lowest BCUT2D eigenvalue weighted by molar-refractivity contribution is -0.139. The molecule has 2 N–H and O–H groups in total. The first-order valence-corrected chi connectivity index (χ1v) is 7.21. The van der Waals surface area contributed by atoms with Gasteiger partial charge in [-0.1, -0.05) is 13.8 Å². The van der Waals surface area contributed by atoms with E-state index in [4.69, 9.17) is 0 Å². The molecule has 0 aromatic heterocycles. The molecular weight excluding hydrogens is 309 g/mol. The molecule has 0 unspecified atom stereocenters. The van der Waals surface area contributed by atoms with E-state index >= 15 is 0 Å². The number of benzene rings is 1. The van der Waals surface area contributed by atoms with Gasteiger partial charge in [-0.25, -0.2) is 0 Å². The van der Waals surface area contributed by atoms with E-state index in [0.29, 0.717) is 6.54 Å². The second-order valence-corrected chi connectivity index (χ2v) is 6.26. The van der Waals surface area contributed by atoms with Gasteiger partial charge >= 0.3 is 6.18 Å². The second kappa shape index (κ2) is 7.02. The van der Waals surface area contributed by atoms with Crippen LogP contribution in [0.3, 0.4) is 0 Å². The molecule has 0 saturated heterocycles. The van der Waals surface area contributed by atoms with Crippen molar-refractivity contribution in [2.45, 2.75) is 33.9 Å². The normalized spacial score (nSPS) is 12.2. The highest BCUT2D eigenvalue weighted by atomic mass is 19.4. The van der Waals surface area contributed by atoms with Crippen molar-refractivity contribution < 1.29 is 22.8 Å². The number of hydrogen-bond acceptors (Lipinski definition) is 2. The minimum Gasteiger partial charge on any atom is -0.355 e. The Labute approximate surface area is 133 Å². The molecule has 0 aliphatic rings. The van der Waals surface area contributed by atoms with Gasteiger partial charge in [-0.05, 0) is 44.0 Å². The van der Waals surface area contributed by atoms with E-state index in [2.05, 4.69) is 10.6 Å². The fraction of sp³-hybridized carbons (Fsp3) is 0.500. The molecular formula is C16H21F3N2O2. The minimum atomic E-state index is -4.43. The van der Waals surface area contributed by atoms with Gasteiger partial charge in [0.05, 0.1) is 5.56 Å². The summed E-state index contributed by atoms with van der Waals surface area (Å²) >= 11 is 0. The van der Waals surface area contributed by atoms with E-state index in [-0.39, 0.29) is 11.6 Å². The Morgan fingerprint density at radius 2 is 1.57 bits per heavy atom. The molecule has 0 fully saturated rings. The zero-order valence-electron chi connectivity index (χ0n) is 13.5. The van der Waals surface area contributed by atoms with Crippen LogP contribution in [-0.2, 0) is 15.8 Å². The van der Waals surface area contributed by atoms with Crippen LogP contribution in [-0.4, -0.2) is 18.4 Å². The lowest BCUT2D eigenvalue weighted by Gasteiger charge is -2.23. The molecule has 4 nitrogen and oxygen atoms in total. The van der Waals surface area contributed by atoms with Crippen molar-refractivity contribution in [2.75, 3.05) is 11.9 Å². The van der Waals surface area contributed by atoms with Crippen LogP contribution in [0, 0.1) is 11.3 Å². The van der Waals surface area contributed by atoms with Gasteiger partial charge in [0.25, 0.3) is 0 Å². The Balaban J connectivity index is 2.76. The van der Waals surface area contributed by atoms with Crippen LogP contribution in [0.25, 0.3) is 0 Å². The highest BCUT2D eigenvalue weighted by Gasteiger charge is 2.36. The number of alkyl halides is 3. The Bertz CT molecular complexity index is 564. The van der Waals surface area contributed by atoms with E-state index in [1.54, 1.807) is 0 Å². The van der Waals surface area contributed by atoms with Gasteiger partial charge in [0.1, 0.15) is 5.41 Å². The molecule has 1 aromatic rings. The number of amides is 2. The molecule has 0 aliphatic carbocycles. The summed E-state index contributed by atoms with van der Waals surface area (Å²) in [4.78, 5) is 24.3. The molecule has 1 rings (SSSR count). The van der Waals surface area contributed by atoms with Crippen LogP contribution >= 0.6 is 0 Å². The molecule has 1 aromatic carbocycles. The summed E-state index contributed by atoms with van der Waals surface area (Å²) in [5, 5.41) is 5.13. The van der Waals surface area contributed by atoms with E-state index in [1.807, 2.05) is 13.8 Å². The van der Waals surface area contributed by atoms with E-state index in [9.17, 15) is 22.8 Å². The topological polar surface area (TPSA) is 58.2 Å². The first-order chi connectivity index (χ1) is 10.4. The van der Waals surface area contributed by atoms with Gasteiger partial charge < -0.3 is 10.6 Å². The monoisotopic (exact) mass is 330 g/mol. The van der Waals surface area contributed by atoms with Crippen molar-refractivity contribution >= 4 is 17.5 Å². The fourth-order valence-corrected chi connectivity index (χ4v) is 1.65. The number of halogens is 3. The van der Waals surface area contributed by atoms with E-state index in [0.717, 1.165) is 24.3 Å². The molecule has 0 bridgehead atoms. The Kier molecular flexibility index (Phi) is 5.80. The second-order valence-electron chi connectivity index (χ2n) is 6.26. The van der Waals surface area contributed by atoms with Gasteiger partial charge in [-0.3, -0.25) is 9.59 Å². The molecule has 0 saturated carbocycles. The Morgan fingerprint density at radius 1 is 1.04 bits per heavy atom. The van der Waals surface area contributed by atoms with Gasteiger partial charge in [-0.15, -0.1) is 0 Å². The fourth-order valence-electron chi connectivity index (χ4n) is 1.65. The van der Waals surface area contributed by atoms with Crippen LogP contribution < -0.4 is 10.6 Å². The molecule has 23 heavy (non-hydrogen) atoms. The third-order valence-electron chi connectivity index (χ3n) is 3.28. The average Bonchev–Trinajstić information content (AvgIpc) is 2.44. The molecule has 0 radical (unpaired) electrons. The molecule has 7 heteroatoms. The summed E-state index contributed by atoms with van der Waals surface area (Å²) in [5.74, 6) is -0.776. The van der Waals surface area contributed by atoms with E-state index in [1.165, 1.54) is 13.8 Å². The molecule has 0 atom stereocenters. The lowest BCUT2D eigenvalue weighted by atomic mass is 9.90. The number of rotatable bonds is 5. The van der Waals surface area contributed by atoms with Gasteiger partial charge in [-0.2, -0.15) is 13.2 Å². The quantitative estimate of drug-likeness (QED) is 0.813. The van der Waals surface area contributed by atoms with Gasteiger partial charge in [0.2, 0.25) is 11.8 Å². The Hall–Kier alpha value is -2.05. The van der Waals surface area contributed by atoms with Crippen LogP contribution in [0.2, 0.25) is 0 Å². The predicted octanol–water partition coefficient (Wildman–Crippen LogP) is 3.44. The highest BCUT2D eigenvalue weighted by Crippen LogP contribution is 2.30. The molecule has 0 heterocycles. The maximum absolute atomic E-state index is 12.5. The number of carbonyl (C=O) groups excluding carboxylic acids is 2. The minimum absolute atomic E-state index is 0.202. The smallest absolute Gasteiger partial charge is 0.355 e. The van der Waals surface area contributed by atoms with Crippen molar-refractivity contribution in [2.24, 2.45) is 11.3 Å². The van der Waals surface area contributed by atoms with Crippen molar-refractivity contribution in [3.8, 4) is 0 Å². The summed E-state index contributed by atoms with van der Waals surface area (Å²) in [6.45, 7) is 7.21. The van der Waals surface area contributed by atoms with Gasteiger partial charge in [0, 0.05) is 12.2 Å². The van der Waals surface area contributed by atoms with Crippen LogP contribution in [0.5, 0.6) is 0 Å². The summed E-state index contributed by atoms with van der Waals surface area (Å²) in [5.41, 5.74) is -1.94. The summed E-state index contributed by atoms with van der Waals surface area (Å²) in [6.07, 6.45) is -4.43. The van der Waals surface area contributed by atoms with Gasteiger partial charge in [0.15, 0.2) is 0 Å². The van der Waals surface area contributed by atoms with Crippen molar-refractivity contribution in [3.05, 3.63) is 29.8 Å². The standard InChI is InChI=1S/C16H21F3N2O2/c1-10(2)9-20-13(22)15(3,4)14(23)21-12-7-5-11(6-8-12)16(17,18)19/h5-8,10H,9H2,1-4H3,(H,20,22)(H,21,23). The average molecular weight is 330 g/mol. The predicted molar refractivity (Wildman–Crippen MR) is 81.7 cm³/mol. The molecule has 2 amide bonds. The number of anilines is 1. The zero-order valence-corrected chi connectivity index (χ0v) is 13.5. The summed E-state index contributed by atoms with van der Waals surface area (Å²) < 4.78 is 37.5. The third-order valence-corrected chi connectivity index (χ3v) is 3.28. The maximum atomic E-state index is 12.5. The summed E-state index contributed by atoms with van der Waals surface area (Å²) in [6, 6.07) is 4.06.